The summed E-state index contributed by atoms with van der Waals surface area (Å²) >= 11 is 0. The zero-order valence-electron chi connectivity index (χ0n) is 11.0. The van der Waals surface area contributed by atoms with Crippen molar-refractivity contribution in [2.45, 2.75) is 37.4 Å². The summed E-state index contributed by atoms with van der Waals surface area (Å²) in [6.07, 6.45) is -4.09. The maximum atomic E-state index is 12.6. The second-order valence-corrected chi connectivity index (χ2v) is 5.04. The molecule has 1 aliphatic rings. The number of nitrogens with one attached hydrogen (secondary N) is 1. The van der Waals surface area contributed by atoms with Gasteiger partial charge in [-0.2, -0.15) is 13.2 Å². The highest BCUT2D eigenvalue weighted by Crippen LogP contribution is 2.36. The van der Waals surface area contributed by atoms with Gasteiger partial charge in [-0.1, -0.05) is 12.1 Å². The first-order valence-corrected chi connectivity index (χ1v) is 6.48. The molecule has 1 aromatic rings. The summed E-state index contributed by atoms with van der Waals surface area (Å²) in [5, 5.41) is 11.2. The molecule has 0 aromatic heterocycles. The van der Waals surface area contributed by atoms with Crippen LogP contribution in [0.3, 0.4) is 0 Å². The smallest absolute Gasteiger partial charge is 0.416 e. The average Bonchev–Trinajstić information content (AvgIpc) is 2.40. The molecule has 2 N–H and O–H groups in total. The summed E-state index contributed by atoms with van der Waals surface area (Å²) in [6, 6.07) is 4.06. The predicted molar refractivity (Wildman–Crippen MR) is 67.8 cm³/mol. The monoisotopic (exact) mass is 301 g/mol. The standard InChI is InChI=1S/C14H14F3NO3/c15-14(16,17)10-6-4-9(5-7-10)13(18-12(20)21)8-2-1-3-11(13)19/h4-7,18H,1-3,8H2,(H,20,21)/t13-/m0/s1. The van der Waals surface area contributed by atoms with E-state index in [0.717, 1.165) is 12.1 Å². The van der Waals surface area contributed by atoms with Crippen molar-refractivity contribution >= 4 is 11.9 Å². The van der Waals surface area contributed by atoms with Crippen molar-refractivity contribution in [3.05, 3.63) is 35.4 Å². The van der Waals surface area contributed by atoms with Crippen LogP contribution < -0.4 is 5.32 Å². The minimum Gasteiger partial charge on any atom is -0.465 e. The van der Waals surface area contributed by atoms with Crippen LogP contribution in [0.15, 0.2) is 24.3 Å². The Morgan fingerprint density at radius 2 is 1.81 bits per heavy atom. The molecule has 21 heavy (non-hydrogen) atoms. The lowest BCUT2D eigenvalue weighted by Crippen LogP contribution is -2.52. The van der Waals surface area contributed by atoms with Crippen molar-refractivity contribution in [1.82, 2.24) is 5.32 Å². The summed E-state index contributed by atoms with van der Waals surface area (Å²) in [7, 11) is 0. The van der Waals surface area contributed by atoms with Gasteiger partial charge < -0.3 is 10.4 Å². The molecule has 1 aromatic carbocycles. The zero-order valence-corrected chi connectivity index (χ0v) is 11.0. The van der Waals surface area contributed by atoms with Crippen LogP contribution in [0.1, 0.15) is 36.8 Å². The van der Waals surface area contributed by atoms with Crippen molar-refractivity contribution < 1.29 is 27.9 Å². The normalized spacial score (nSPS) is 22.9. The molecule has 0 spiro atoms. The lowest BCUT2D eigenvalue weighted by molar-refractivity contribution is -0.137. The first-order valence-electron chi connectivity index (χ1n) is 6.48. The van der Waals surface area contributed by atoms with Crippen molar-refractivity contribution in [1.29, 1.82) is 0 Å². The van der Waals surface area contributed by atoms with E-state index in [2.05, 4.69) is 5.32 Å². The Balaban J connectivity index is 2.42. The number of halogens is 3. The number of benzene rings is 1. The van der Waals surface area contributed by atoms with E-state index in [1.54, 1.807) is 0 Å². The first kappa shape index (κ1) is 15.3. The summed E-state index contributed by atoms with van der Waals surface area (Å²) in [6.45, 7) is 0. The largest absolute Gasteiger partial charge is 0.465 e. The van der Waals surface area contributed by atoms with E-state index >= 15 is 0 Å². The third-order valence-electron chi connectivity index (χ3n) is 3.71. The Labute approximate surface area is 119 Å². The van der Waals surface area contributed by atoms with Crippen molar-refractivity contribution in [2.75, 3.05) is 0 Å². The second kappa shape index (κ2) is 5.38. The molecule has 7 heteroatoms. The fraction of sp³-hybridized carbons (Fsp3) is 0.429. The number of hydrogen-bond acceptors (Lipinski definition) is 2. The van der Waals surface area contributed by atoms with Crippen LogP contribution in [0.4, 0.5) is 18.0 Å². The fourth-order valence-electron chi connectivity index (χ4n) is 2.66. The molecule has 2 rings (SSSR count). The summed E-state index contributed by atoms with van der Waals surface area (Å²) in [5.74, 6) is -0.309. The van der Waals surface area contributed by atoms with E-state index in [9.17, 15) is 22.8 Å². The van der Waals surface area contributed by atoms with Crippen molar-refractivity contribution in [3.63, 3.8) is 0 Å². The molecule has 0 aliphatic heterocycles. The SMILES string of the molecule is O=C(O)N[C@]1(c2ccc(C(F)(F)F)cc2)CCCCC1=O. The Kier molecular flexibility index (Phi) is 3.93. The van der Waals surface area contributed by atoms with Crippen LogP contribution in [0.5, 0.6) is 0 Å². The molecule has 0 unspecified atom stereocenters. The lowest BCUT2D eigenvalue weighted by Gasteiger charge is -2.36. The molecule has 0 saturated heterocycles. The van der Waals surface area contributed by atoms with Gasteiger partial charge in [0.15, 0.2) is 5.78 Å². The summed E-state index contributed by atoms with van der Waals surface area (Å²) < 4.78 is 37.7. The van der Waals surface area contributed by atoms with Gasteiger partial charge >= 0.3 is 12.3 Å². The van der Waals surface area contributed by atoms with Gasteiger partial charge in [-0.15, -0.1) is 0 Å². The molecule has 1 atom stereocenters. The first-order chi connectivity index (χ1) is 9.75. The van der Waals surface area contributed by atoms with E-state index < -0.39 is 23.4 Å². The number of carbonyl (C=O) groups is 2. The average molecular weight is 301 g/mol. The van der Waals surface area contributed by atoms with E-state index in [1.807, 2.05) is 0 Å². The Morgan fingerprint density at radius 1 is 1.19 bits per heavy atom. The number of hydrogen-bond donors (Lipinski definition) is 2. The second-order valence-electron chi connectivity index (χ2n) is 5.04. The maximum absolute atomic E-state index is 12.6. The minimum atomic E-state index is -4.47. The van der Waals surface area contributed by atoms with Crippen LogP contribution in [-0.2, 0) is 16.5 Å². The number of alkyl halides is 3. The molecule has 4 nitrogen and oxygen atoms in total. The summed E-state index contributed by atoms with van der Waals surface area (Å²) in [4.78, 5) is 23.2. The number of ketones is 1. The van der Waals surface area contributed by atoms with Crippen molar-refractivity contribution in [2.24, 2.45) is 0 Å². The molecule has 1 amide bonds. The molecule has 1 saturated carbocycles. The molecule has 114 valence electrons. The molecule has 0 bridgehead atoms. The van der Waals surface area contributed by atoms with E-state index in [-0.39, 0.29) is 24.2 Å². The van der Waals surface area contributed by atoms with Crippen LogP contribution >= 0.6 is 0 Å². The van der Waals surface area contributed by atoms with Gasteiger partial charge in [-0.05, 0) is 37.0 Å². The van der Waals surface area contributed by atoms with E-state index in [0.29, 0.717) is 12.8 Å². The van der Waals surface area contributed by atoms with Crippen molar-refractivity contribution in [3.8, 4) is 0 Å². The Hall–Kier alpha value is -2.05. The van der Waals surface area contributed by atoms with E-state index in [4.69, 9.17) is 5.11 Å². The third kappa shape index (κ3) is 3.01. The van der Waals surface area contributed by atoms with E-state index in [1.165, 1.54) is 12.1 Å². The molecular weight excluding hydrogens is 287 g/mol. The number of carboxylic acid groups (broad SMARTS) is 1. The van der Waals surface area contributed by atoms with Gasteiger partial charge in [-0.3, -0.25) is 4.79 Å². The van der Waals surface area contributed by atoms with Crippen LogP contribution in [-0.4, -0.2) is 17.0 Å². The predicted octanol–water partition coefficient (Wildman–Crippen LogP) is 3.31. The molecule has 0 heterocycles. The number of amides is 1. The molecule has 0 radical (unpaired) electrons. The maximum Gasteiger partial charge on any atom is 0.416 e. The van der Waals surface area contributed by atoms with Crippen LogP contribution in [0.2, 0.25) is 0 Å². The van der Waals surface area contributed by atoms with Gasteiger partial charge in [0.2, 0.25) is 0 Å². The van der Waals surface area contributed by atoms with Gasteiger partial charge in [0.1, 0.15) is 5.54 Å². The Morgan fingerprint density at radius 3 is 2.29 bits per heavy atom. The van der Waals surface area contributed by atoms with Gasteiger partial charge in [0.25, 0.3) is 0 Å². The molecule has 1 fully saturated rings. The highest BCUT2D eigenvalue weighted by atomic mass is 19.4. The zero-order chi connectivity index (χ0) is 15.7. The Bertz CT molecular complexity index is 554. The number of Topliss-reactive ketones (excluding diaryl/α,β-unsaturated/α-hetero) is 1. The van der Waals surface area contributed by atoms with Gasteiger partial charge in [0.05, 0.1) is 5.56 Å². The molecular formula is C14H14F3NO3. The quantitative estimate of drug-likeness (QED) is 0.880. The molecule has 1 aliphatic carbocycles. The fourth-order valence-corrected chi connectivity index (χ4v) is 2.66. The number of rotatable bonds is 2. The highest BCUT2D eigenvalue weighted by molar-refractivity contribution is 5.93. The van der Waals surface area contributed by atoms with Gasteiger partial charge in [0, 0.05) is 6.42 Å². The van der Waals surface area contributed by atoms with Gasteiger partial charge in [-0.25, -0.2) is 4.79 Å². The number of carbonyl (C=O) groups excluding carboxylic acids is 1. The van der Waals surface area contributed by atoms with Crippen LogP contribution in [0.25, 0.3) is 0 Å². The van der Waals surface area contributed by atoms with Crippen LogP contribution in [0, 0.1) is 0 Å². The topological polar surface area (TPSA) is 66.4 Å². The summed E-state index contributed by atoms with van der Waals surface area (Å²) in [5.41, 5.74) is -2.02. The minimum absolute atomic E-state index is 0.210. The lowest BCUT2D eigenvalue weighted by atomic mass is 9.75. The highest BCUT2D eigenvalue weighted by Gasteiger charge is 2.43. The third-order valence-corrected chi connectivity index (χ3v) is 3.71.